The van der Waals surface area contributed by atoms with E-state index >= 15 is 0 Å². The van der Waals surface area contributed by atoms with E-state index in [4.69, 9.17) is 4.74 Å². The van der Waals surface area contributed by atoms with Gasteiger partial charge in [-0.05, 0) is 49.2 Å². The standard InChI is InChI=1S/C21H23N3O3S/c1-15-9-11-19(27-3)20(13-15)28(25,26)24-21-12-10-18(14-22-21)23-16(2)17-7-5-4-6-8-17/h4-14,16,23H,1-3H3,(H,22,24). The number of nitrogens with one attached hydrogen (secondary N) is 2. The molecule has 1 atom stereocenters. The van der Waals surface area contributed by atoms with Gasteiger partial charge in [-0.15, -0.1) is 0 Å². The zero-order valence-corrected chi connectivity index (χ0v) is 16.8. The summed E-state index contributed by atoms with van der Waals surface area (Å²) in [7, 11) is -2.37. The van der Waals surface area contributed by atoms with E-state index in [1.54, 1.807) is 36.5 Å². The van der Waals surface area contributed by atoms with Crippen molar-refractivity contribution in [2.24, 2.45) is 0 Å². The smallest absolute Gasteiger partial charge is 0.266 e. The Kier molecular flexibility index (Phi) is 5.84. The predicted molar refractivity (Wildman–Crippen MR) is 111 cm³/mol. The molecule has 6 nitrogen and oxygen atoms in total. The first-order valence-electron chi connectivity index (χ1n) is 8.84. The van der Waals surface area contributed by atoms with Crippen LogP contribution < -0.4 is 14.8 Å². The van der Waals surface area contributed by atoms with Crippen LogP contribution in [-0.4, -0.2) is 20.5 Å². The summed E-state index contributed by atoms with van der Waals surface area (Å²) in [5.74, 6) is 0.523. The summed E-state index contributed by atoms with van der Waals surface area (Å²) in [6.45, 7) is 3.88. The van der Waals surface area contributed by atoms with Gasteiger partial charge in [-0.2, -0.15) is 0 Å². The van der Waals surface area contributed by atoms with E-state index in [1.165, 1.54) is 7.11 Å². The maximum atomic E-state index is 12.7. The number of aromatic nitrogens is 1. The summed E-state index contributed by atoms with van der Waals surface area (Å²) >= 11 is 0. The van der Waals surface area contributed by atoms with Crippen LogP contribution in [0.4, 0.5) is 11.5 Å². The summed E-state index contributed by atoms with van der Waals surface area (Å²) in [6.07, 6.45) is 1.60. The molecule has 7 heteroatoms. The van der Waals surface area contributed by atoms with Crippen molar-refractivity contribution in [1.29, 1.82) is 0 Å². The fourth-order valence-corrected chi connectivity index (χ4v) is 4.06. The van der Waals surface area contributed by atoms with Gasteiger partial charge in [-0.3, -0.25) is 4.72 Å². The van der Waals surface area contributed by atoms with Crippen molar-refractivity contribution >= 4 is 21.5 Å². The van der Waals surface area contributed by atoms with Gasteiger partial charge < -0.3 is 10.1 Å². The molecular weight excluding hydrogens is 374 g/mol. The first-order valence-corrected chi connectivity index (χ1v) is 10.3. The van der Waals surface area contributed by atoms with E-state index in [0.29, 0.717) is 0 Å². The van der Waals surface area contributed by atoms with E-state index < -0.39 is 10.0 Å². The number of sulfonamides is 1. The van der Waals surface area contributed by atoms with Crippen LogP contribution in [0.3, 0.4) is 0 Å². The highest BCUT2D eigenvalue weighted by atomic mass is 32.2. The summed E-state index contributed by atoms with van der Waals surface area (Å²) in [5.41, 5.74) is 2.77. The summed E-state index contributed by atoms with van der Waals surface area (Å²) in [6, 6.07) is 18.6. The highest BCUT2D eigenvalue weighted by Crippen LogP contribution is 2.27. The highest BCUT2D eigenvalue weighted by molar-refractivity contribution is 7.92. The normalized spacial score (nSPS) is 12.2. The SMILES string of the molecule is COc1ccc(C)cc1S(=O)(=O)Nc1ccc(NC(C)c2ccccc2)cn1. The van der Waals surface area contributed by atoms with Gasteiger partial charge in [-0.25, -0.2) is 13.4 Å². The molecule has 146 valence electrons. The number of aryl methyl sites for hydroxylation is 1. The van der Waals surface area contributed by atoms with E-state index in [2.05, 4.69) is 21.9 Å². The van der Waals surface area contributed by atoms with Crippen molar-refractivity contribution < 1.29 is 13.2 Å². The molecule has 0 aliphatic heterocycles. The Morgan fingerprint density at radius 2 is 1.79 bits per heavy atom. The molecule has 0 fully saturated rings. The molecule has 1 aromatic heterocycles. The second-order valence-electron chi connectivity index (χ2n) is 6.47. The zero-order valence-electron chi connectivity index (χ0n) is 16.0. The number of hydrogen-bond donors (Lipinski definition) is 2. The van der Waals surface area contributed by atoms with Crippen LogP contribution in [0.1, 0.15) is 24.1 Å². The first kappa shape index (κ1) is 19.7. The van der Waals surface area contributed by atoms with Gasteiger partial charge in [0, 0.05) is 6.04 Å². The van der Waals surface area contributed by atoms with E-state index in [1.807, 2.05) is 37.3 Å². The Balaban J connectivity index is 1.74. The average molecular weight is 398 g/mol. The first-order chi connectivity index (χ1) is 13.4. The third-order valence-electron chi connectivity index (χ3n) is 4.29. The Labute approximate surface area is 165 Å². The van der Waals surface area contributed by atoms with Gasteiger partial charge in [0.1, 0.15) is 16.5 Å². The minimum Gasteiger partial charge on any atom is -0.495 e. The maximum Gasteiger partial charge on any atom is 0.266 e. The second-order valence-corrected chi connectivity index (χ2v) is 8.12. The molecular formula is C21H23N3O3S. The Hall–Kier alpha value is -3.06. The lowest BCUT2D eigenvalue weighted by Crippen LogP contribution is -2.15. The van der Waals surface area contributed by atoms with Crippen molar-refractivity contribution in [2.75, 3.05) is 17.1 Å². The van der Waals surface area contributed by atoms with Crippen LogP contribution in [-0.2, 0) is 10.0 Å². The molecule has 0 amide bonds. The lowest BCUT2D eigenvalue weighted by atomic mass is 10.1. The van der Waals surface area contributed by atoms with E-state index in [0.717, 1.165) is 16.8 Å². The molecule has 0 aliphatic carbocycles. The molecule has 0 radical (unpaired) electrons. The number of anilines is 2. The Morgan fingerprint density at radius 3 is 2.43 bits per heavy atom. The fraction of sp³-hybridized carbons (Fsp3) is 0.190. The van der Waals surface area contributed by atoms with Gasteiger partial charge in [0.15, 0.2) is 0 Å². The Bertz CT molecular complexity index is 1040. The number of methoxy groups -OCH3 is 1. The maximum absolute atomic E-state index is 12.7. The second kappa shape index (κ2) is 8.31. The molecule has 1 heterocycles. The van der Waals surface area contributed by atoms with Gasteiger partial charge >= 0.3 is 0 Å². The quantitative estimate of drug-likeness (QED) is 0.619. The number of rotatable bonds is 7. The molecule has 0 spiro atoms. The van der Waals surface area contributed by atoms with Crippen LogP contribution in [0.2, 0.25) is 0 Å². The highest BCUT2D eigenvalue weighted by Gasteiger charge is 2.20. The number of nitrogens with zero attached hydrogens (tertiary/aromatic N) is 1. The molecule has 2 aromatic carbocycles. The summed E-state index contributed by atoms with van der Waals surface area (Å²) in [4.78, 5) is 4.30. The molecule has 0 aliphatic rings. The predicted octanol–water partition coefficient (Wildman–Crippen LogP) is 4.37. The molecule has 1 unspecified atom stereocenters. The van der Waals surface area contributed by atoms with Crippen molar-refractivity contribution in [1.82, 2.24) is 4.98 Å². The van der Waals surface area contributed by atoms with Gasteiger partial charge in [0.05, 0.1) is 19.0 Å². The number of benzene rings is 2. The van der Waals surface area contributed by atoms with Crippen molar-refractivity contribution in [3.8, 4) is 5.75 Å². The molecule has 0 saturated heterocycles. The van der Waals surface area contributed by atoms with Gasteiger partial charge in [0.25, 0.3) is 10.0 Å². The summed E-state index contributed by atoms with van der Waals surface area (Å²) < 4.78 is 33.2. The Morgan fingerprint density at radius 1 is 1.04 bits per heavy atom. The molecule has 3 rings (SSSR count). The minimum atomic E-state index is -3.82. The fourth-order valence-electron chi connectivity index (χ4n) is 2.80. The van der Waals surface area contributed by atoms with Crippen LogP contribution in [0, 0.1) is 6.92 Å². The van der Waals surface area contributed by atoms with Crippen LogP contribution in [0.15, 0.2) is 71.8 Å². The monoisotopic (exact) mass is 397 g/mol. The third-order valence-corrected chi connectivity index (χ3v) is 5.67. The molecule has 0 saturated carbocycles. The van der Waals surface area contributed by atoms with Crippen LogP contribution in [0.25, 0.3) is 0 Å². The third kappa shape index (κ3) is 4.61. The number of pyridine rings is 1. The van der Waals surface area contributed by atoms with Crippen molar-refractivity contribution in [3.63, 3.8) is 0 Å². The van der Waals surface area contributed by atoms with Gasteiger partial charge in [-0.1, -0.05) is 36.4 Å². The van der Waals surface area contributed by atoms with Crippen molar-refractivity contribution in [3.05, 3.63) is 78.0 Å². The summed E-state index contributed by atoms with van der Waals surface area (Å²) in [5, 5.41) is 3.35. The molecule has 3 aromatic rings. The molecule has 28 heavy (non-hydrogen) atoms. The molecule has 0 bridgehead atoms. The lowest BCUT2D eigenvalue weighted by molar-refractivity contribution is 0.402. The minimum absolute atomic E-state index is 0.0803. The zero-order chi connectivity index (χ0) is 20.1. The molecule has 2 N–H and O–H groups in total. The van der Waals surface area contributed by atoms with Crippen molar-refractivity contribution in [2.45, 2.75) is 24.8 Å². The topological polar surface area (TPSA) is 80.3 Å². The largest absolute Gasteiger partial charge is 0.495 e. The van der Waals surface area contributed by atoms with Crippen LogP contribution >= 0.6 is 0 Å². The van der Waals surface area contributed by atoms with E-state index in [-0.39, 0.29) is 22.5 Å². The van der Waals surface area contributed by atoms with Gasteiger partial charge in [0.2, 0.25) is 0 Å². The number of ether oxygens (including phenoxy) is 1. The average Bonchev–Trinajstić information content (AvgIpc) is 2.70. The van der Waals surface area contributed by atoms with E-state index in [9.17, 15) is 8.42 Å². The van der Waals surface area contributed by atoms with Crippen LogP contribution in [0.5, 0.6) is 5.75 Å². The lowest BCUT2D eigenvalue weighted by Gasteiger charge is -2.16. The number of hydrogen-bond acceptors (Lipinski definition) is 5.